The molecule has 0 nitrogen and oxygen atoms in total. The van der Waals surface area contributed by atoms with Crippen molar-refractivity contribution in [3.05, 3.63) is 12.3 Å². The molecule has 0 radical (unpaired) electrons. The fourth-order valence-electron chi connectivity index (χ4n) is 0.144. The zero-order valence-corrected chi connectivity index (χ0v) is 8.16. The molecular weight excluding hydrogens is 238 g/mol. The topological polar surface area (TPSA) is 0 Å². The van der Waals surface area contributed by atoms with Gasteiger partial charge in [0.25, 0.3) is 0 Å². The largest absolute Gasteiger partial charge is 0.243 e. The second-order valence-electron chi connectivity index (χ2n) is 1.32. The molecule has 0 spiro atoms. The lowest BCUT2D eigenvalue weighted by atomic mass is 11.0. The average Bonchev–Trinajstić information content (AvgIpc) is 1.68. The summed E-state index contributed by atoms with van der Waals surface area (Å²) >= 11 is 8.20. The number of hydrogen-bond acceptors (Lipinski definition) is 0. The normalized spacial score (nSPS) is 18.1. The summed E-state index contributed by atoms with van der Waals surface area (Å²) < 4.78 is 0. The van der Waals surface area contributed by atoms with E-state index in [1.54, 1.807) is 0 Å². The molecule has 1 atom stereocenters. The number of hydrogen-bond donors (Lipinski definition) is 0. The van der Waals surface area contributed by atoms with Gasteiger partial charge in [-0.1, -0.05) is 34.4 Å². The lowest BCUT2D eigenvalue weighted by molar-refractivity contribution is 1.45. The van der Waals surface area contributed by atoms with Crippen LogP contribution in [0.1, 0.15) is 6.92 Å². The Morgan fingerprint density at radius 3 is 2.43 bits per heavy atom. The Labute approximate surface area is 62.9 Å². The zero-order chi connectivity index (χ0) is 5.91. The van der Waals surface area contributed by atoms with Crippen LogP contribution in [0.3, 0.4) is 0 Å². The molecule has 0 aliphatic rings. The van der Waals surface area contributed by atoms with Crippen molar-refractivity contribution < 1.29 is 0 Å². The molecule has 0 N–H and O–H groups in total. The van der Waals surface area contributed by atoms with Crippen LogP contribution in [-0.2, 0) is 0 Å². The molecule has 0 aromatic heterocycles. The zero-order valence-electron chi connectivity index (χ0n) is 4.25. The highest BCUT2D eigenvalue weighted by Gasteiger charge is 2.18. The van der Waals surface area contributed by atoms with Crippen molar-refractivity contribution in [1.82, 2.24) is 0 Å². The van der Waals surface area contributed by atoms with E-state index in [9.17, 15) is 0 Å². The van der Waals surface area contributed by atoms with Crippen molar-refractivity contribution in [1.29, 1.82) is 0 Å². The number of rotatable bonds is 2. The summed E-state index contributed by atoms with van der Waals surface area (Å²) in [6, 6.07) is 1.07. The van der Waals surface area contributed by atoms with Gasteiger partial charge in [-0.25, -0.2) is 0 Å². The molecule has 1 unspecified atom stereocenters. The Kier molecular flexibility index (Phi) is 3.52. The van der Waals surface area contributed by atoms with Crippen LogP contribution in [0.15, 0.2) is 12.3 Å². The quantitative estimate of drug-likeness (QED) is 0.399. The van der Waals surface area contributed by atoms with Gasteiger partial charge < -0.3 is 0 Å². The van der Waals surface area contributed by atoms with Gasteiger partial charge in [-0.3, -0.25) is 0 Å². The second-order valence-corrected chi connectivity index (χ2v) is 13.7. The summed E-state index contributed by atoms with van der Waals surface area (Å²) in [5, 5.41) is 0. The molecule has 3 heteroatoms. The van der Waals surface area contributed by atoms with E-state index in [-0.39, 0.29) is 0 Å². The molecule has 0 rings (SSSR count). The molecular formula is C4H8ClISi. The molecule has 0 aromatic carbocycles. The van der Waals surface area contributed by atoms with Crippen molar-refractivity contribution in [2.45, 2.75) is 13.0 Å². The summed E-state index contributed by atoms with van der Waals surface area (Å²) in [7, 11) is 0. The molecule has 0 aliphatic heterocycles. The first-order chi connectivity index (χ1) is 3.12. The molecule has 0 saturated heterocycles. The van der Waals surface area contributed by atoms with Gasteiger partial charge in [-0.05, 0) is 6.04 Å². The van der Waals surface area contributed by atoms with E-state index in [1.165, 1.54) is 0 Å². The molecule has 0 aliphatic carbocycles. The van der Waals surface area contributed by atoms with Crippen LogP contribution in [0, 0.1) is 0 Å². The molecule has 7 heavy (non-hydrogen) atoms. The first-order valence-electron chi connectivity index (χ1n) is 2.14. The fraction of sp³-hybridized carbons (Fsp3) is 0.500. The first-order valence-corrected chi connectivity index (χ1v) is 8.55. The molecule has 0 saturated carbocycles. The molecule has 0 aromatic rings. The molecule has 0 fully saturated rings. The number of halogens is 2. The molecule has 42 valence electrons. The third-order valence-electron chi connectivity index (χ3n) is 0.770. The SMILES string of the molecule is C=C[Si](Cl)(I)CC. The lowest BCUT2D eigenvalue weighted by Crippen LogP contribution is -2.10. The smallest absolute Gasteiger partial charge is 0.148 e. The van der Waals surface area contributed by atoms with E-state index < -0.39 is 4.88 Å². The Morgan fingerprint density at radius 2 is 2.43 bits per heavy atom. The predicted molar refractivity (Wildman–Crippen MR) is 46.3 cm³/mol. The van der Waals surface area contributed by atoms with E-state index in [0.717, 1.165) is 6.04 Å². The van der Waals surface area contributed by atoms with E-state index in [1.807, 2.05) is 5.70 Å². The van der Waals surface area contributed by atoms with Gasteiger partial charge in [0.1, 0.15) is 0 Å². The maximum Gasteiger partial charge on any atom is 0.243 e. The molecule has 0 bridgehead atoms. The Bertz CT molecular complexity index is 72.1. The average molecular weight is 247 g/mol. The Morgan fingerprint density at radius 1 is 2.00 bits per heavy atom. The van der Waals surface area contributed by atoms with Gasteiger partial charge in [-0.15, -0.1) is 17.7 Å². The van der Waals surface area contributed by atoms with E-state index in [4.69, 9.17) is 11.1 Å². The molecule has 0 heterocycles. The van der Waals surface area contributed by atoms with Crippen molar-refractivity contribution >= 4 is 37.8 Å². The van der Waals surface area contributed by atoms with Crippen LogP contribution in [0.25, 0.3) is 0 Å². The van der Waals surface area contributed by atoms with Crippen LogP contribution in [0.4, 0.5) is 0 Å². The van der Waals surface area contributed by atoms with Crippen LogP contribution in [-0.4, -0.2) is 4.88 Å². The van der Waals surface area contributed by atoms with Crippen molar-refractivity contribution in [3.63, 3.8) is 0 Å². The van der Waals surface area contributed by atoms with Crippen molar-refractivity contribution in [2.75, 3.05) is 0 Å². The summed E-state index contributed by atoms with van der Waals surface area (Å²) in [6.45, 7) is 5.72. The minimum Gasteiger partial charge on any atom is -0.148 e. The minimum atomic E-state index is -1.45. The van der Waals surface area contributed by atoms with Gasteiger partial charge in [-0.2, -0.15) is 0 Å². The highest BCUT2D eigenvalue weighted by molar-refractivity contribution is 14.1. The summed E-state index contributed by atoms with van der Waals surface area (Å²) in [5.74, 6) is 0. The Hall–Kier alpha value is 0.977. The monoisotopic (exact) mass is 246 g/mol. The van der Waals surface area contributed by atoms with Crippen LogP contribution in [0.5, 0.6) is 0 Å². The summed E-state index contributed by atoms with van der Waals surface area (Å²) in [6.07, 6.45) is 0. The van der Waals surface area contributed by atoms with Crippen LogP contribution >= 0.6 is 32.9 Å². The molecule has 0 amide bonds. The van der Waals surface area contributed by atoms with E-state index in [2.05, 4.69) is 35.3 Å². The summed E-state index contributed by atoms with van der Waals surface area (Å²) in [5.41, 5.74) is 1.88. The van der Waals surface area contributed by atoms with Gasteiger partial charge in [0.2, 0.25) is 4.88 Å². The minimum absolute atomic E-state index is 1.07. The standard InChI is InChI=1S/C4H8ClISi/c1-3-7(5,6)4-2/h3H,1,4H2,2H3. The fourth-order valence-corrected chi connectivity index (χ4v) is 0.433. The second kappa shape index (κ2) is 3.09. The first kappa shape index (κ1) is 7.98. The third-order valence-corrected chi connectivity index (χ3v) is 7.18. The van der Waals surface area contributed by atoms with Crippen molar-refractivity contribution in [2.24, 2.45) is 0 Å². The predicted octanol–water partition coefficient (Wildman–Crippen LogP) is 2.85. The third kappa shape index (κ3) is 3.55. The lowest BCUT2D eigenvalue weighted by Gasteiger charge is -2.04. The van der Waals surface area contributed by atoms with Crippen LogP contribution < -0.4 is 0 Å². The maximum absolute atomic E-state index is 5.91. The van der Waals surface area contributed by atoms with E-state index >= 15 is 0 Å². The van der Waals surface area contributed by atoms with Gasteiger partial charge >= 0.3 is 0 Å². The highest BCUT2D eigenvalue weighted by atomic mass is 127. The van der Waals surface area contributed by atoms with Gasteiger partial charge in [0.15, 0.2) is 0 Å². The van der Waals surface area contributed by atoms with Crippen molar-refractivity contribution in [3.8, 4) is 0 Å². The summed E-state index contributed by atoms with van der Waals surface area (Å²) in [4.78, 5) is -1.45. The maximum atomic E-state index is 5.91. The van der Waals surface area contributed by atoms with Gasteiger partial charge in [0.05, 0.1) is 0 Å². The van der Waals surface area contributed by atoms with Crippen LogP contribution in [0.2, 0.25) is 6.04 Å². The highest BCUT2D eigenvalue weighted by Crippen LogP contribution is 2.23. The van der Waals surface area contributed by atoms with Gasteiger partial charge in [0, 0.05) is 0 Å². The Balaban J connectivity index is 3.58. The van der Waals surface area contributed by atoms with E-state index in [0.29, 0.717) is 0 Å².